The normalized spacial score (nSPS) is 16.8. The van der Waals surface area contributed by atoms with Gasteiger partial charge in [-0.25, -0.2) is 4.79 Å². The number of esters is 1. The van der Waals surface area contributed by atoms with Gasteiger partial charge >= 0.3 is 5.97 Å². The van der Waals surface area contributed by atoms with Crippen LogP contribution >= 0.6 is 0 Å². The number of ether oxygens (including phenoxy) is 3. The molecule has 3 aromatic rings. The smallest absolute Gasteiger partial charge is 0.344 e. The van der Waals surface area contributed by atoms with Gasteiger partial charge in [-0.2, -0.15) is 0 Å². The second-order valence-corrected chi connectivity index (χ2v) is 7.92. The molecule has 0 bridgehead atoms. The Balaban J connectivity index is 1.69. The molecular formula is C28H18O5. The number of rotatable bonds is 3. The molecule has 160 valence electrons. The molecule has 0 atom stereocenters. The molecule has 0 unspecified atom stereocenters. The van der Waals surface area contributed by atoms with Crippen LogP contribution in [-0.2, 0) is 25.7 Å². The molecule has 0 saturated heterocycles. The van der Waals surface area contributed by atoms with Gasteiger partial charge in [-0.05, 0) is 34.4 Å². The fraction of sp³-hybridized carbons (Fsp3) is 0.0714. The summed E-state index contributed by atoms with van der Waals surface area (Å²) in [6.07, 6.45) is 0. The third kappa shape index (κ3) is 2.86. The zero-order valence-electron chi connectivity index (χ0n) is 17.8. The molecule has 2 aliphatic heterocycles. The lowest BCUT2D eigenvalue weighted by atomic mass is 9.79. The van der Waals surface area contributed by atoms with Gasteiger partial charge in [0.2, 0.25) is 5.78 Å². The number of methoxy groups -OCH3 is 1. The van der Waals surface area contributed by atoms with Gasteiger partial charge in [-0.15, -0.1) is 0 Å². The summed E-state index contributed by atoms with van der Waals surface area (Å²) in [7, 11) is 1.59. The van der Waals surface area contributed by atoms with Crippen molar-refractivity contribution in [1.82, 2.24) is 0 Å². The lowest BCUT2D eigenvalue weighted by molar-refractivity contribution is -0.131. The van der Waals surface area contributed by atoms with Crippen LogP contribution in [0.4, 0.5) is 0 Å². The summed E-state index contributed by atoms with van der Waals surface area (Å²) in [6, 6.07) is 24.2. The van der Waals surface area contributed by atoms with E-state index in [1.807, 2.05) is 66.7 Å². The lowest BCUT2D eigenvalue weighted by Gasteiger charge is -2.29. The van der Waals surface area contributed by atoms with Crippen molar-refractivity contribution in [2.24, 2.45) is 0 Å². The minimum absolute atomic E-state index is 0.246. The monoisotopic (exact) mass is 434 g/mol. The lowest BCUT2D eigenvalue weighted by Crippen LogP contribution is -2.22. The van der Waals surface area contributed by atoms with E-state index in [9.17, 15) is 9.59 Å². The molecule has 2 heterocycles. The summed E-state index contributed by atoms with van der Waals surface area (Å²) in [4.78, 5) is 26.9. The van der Waals surface area contributed by atoms with Crippen molar-refractivity contribution >= 4 is 28.5 Å². The third-order valence-electron chi connectivity index (χ3n) is 6.11. The number of Topliss-reactive ketones (excluding diaryl/α,β-unsaturated/α-hetero) is 1. The van der Waals surface area contributed by atoms with Crippen LogP contribution in [0.25, 0.3) is 16.7 Å². The molecule has 0 spiro atoms. The Morgan fingerprint density at radius 3 is 2.15 bits per heavy atom. The predicted octanol–water partition coefficient (Wildman–Crippen LogP) is 4.94. The van der Waals surface area contributed by atoms with Crippen LogP contribution in [0.3, 0.4) is 0 Å². The van der Waals surface area contributed by atoms with E-state index in [2.05, 4.69) is 0 Å². The molecule has 0 saturated carbocycles. The maximum atomic E-state index is 13.7. The van der Waals surface area contributed by atoms with Gasteiger partial charge < -0.3 is 14.2 Å². The van der Waals surface area contributed by atoms with Gasteiger partial charge in [0.05, 0.1) is 18.3 Å². The number of hydrogen-bond acceptors (Lipinski definition) is 5. The Bertz CT molecular complexity index is 1420. The summed E-state index contributed by atoms with van der Waals surface area (Å²) >= 11 is 0. The maximum absolute atomic E-state index is 13.7. The number of carbonyl (C=O) groups is 2. The van der Waals surface area contributed by atoms with Crippen LogP contribution < -0.4 is 4.74 Å². The van der Waals surface area contributed by atoms with Gasteiger partial charge in [0.25, 0.3) is 0 Å². The molecule has 1 aliphatic carbocycles. The van der Waals surface area contributed by atoms with E-state index in [0.29, 0.717) is 39.2 Å². The van der Waals surface area contributed by atoms with Gasteiger partial charge in [0, 0.05) is 11.1 Å². The first-order valence-corrected chi connectivity index (χ1v) is 10.6. The van der Waals surface area contributed by atoms with E-state index in [-0.39, 0.29) is 23.9 Å². The average molecular weight is 434 g/mol. The molecule has 5 heteroatoms. The van der Waals surface area contributed by atoms with E-state index in [4.69, 9.17) is 14.2 Å². The van der Waals surface area contributed by atoms with E-state index >= 15 is 0 Å². The zero-order chi connectivity index (χ0) is 22.5. The number of allylic oxidation sites excluding steroid dienone is 2. The molecule has 33 heavy (non-hydrogen) atoms. The zero-order valence-corrected chi connectivity index (χ0v) is 17.8. The SMILES string of the molecule is COc1ccc(C2=C3C(=C(c4ccccc4)C(=O)C4=C3c3ccccc3CO4)OC2=O)cc1. The highest BCUT2D eigenvalue weighted by Crippen LogP contribution is 2.51. The summed E-state index contributed by atoms with van der Waals surface area (Å²) in [5.41, 5.74) is 5.11. The van der Waals surface area contributed by atoms with E-state index < -0.39 is 5.97 Å². The Kier molecular flexibility index (Phi) is 4.30. The Morgan fingerprint density at radius 2 is 1.39 bits per heavy atom. The Hall–Kier alpha value is -4.38. The number of ketones is 1. The predicted molar refractivity (Wildman–Crippen MR) is 123 cm³/mol. The highest BCUT2D eigenvalue weighted by atomic mass is 16.5. The molecule has 5 nitrogen and oxygen atoms in total. The second-order valence-electron chi connectivity index (χ2n) is 7.92. The maximum Gasteiger partial charge on any atom is 0.344 e. The van der Waals surface area contributed by atoms with Gasteiger partial charge in [-0.1, -0.05) is 66.7 Å². The quantitative estimate of drug-likeness (QED) is 0.547. The van der Waals surface area contributed by atoms with Crippen molar-refractivity contribution in [3.8, 4) is 5.75 Å². The van der Waals surface area contributed by atoms with Crippen molar-refractivity contribution < 1.29 is 23.8 Å². The molecule has 0 fully saturated rings. The largest absolute Gasteiger partial charge is 0.497 e. The molecule has 0 N–H and O–H groups in total. The summed E-state index contributed by atoms with van der Waals surface area (Å²) in [5, 5.41) is 0. The Labute approximate surface area is 190 Å². The standard InChI is InChI=1S/C28H18O5/c1-31-19-13-11-17(12-14-19)21-24-23-20-10-6-5-9-18(20)15-32-27(23)25(29)22(26(24)33-28(21)30)16-7-3-2-4-8-16/h2-14H,15H2,1H3. The molecule has 0 aromatic heterocycles. The molecule has 0 radical (unpaired) electrons. The van der Waals surface area contributed by atoms with Crippen molar-refractivity contribution in [2.45, 2.75) is 6.61 Å². The highest BCUT2D eigenvalue weighted by molar-refractivity contribution is 6.38. The first-order valence-electron chi connectivity index (χ1n) is 10.6. The van der Waals surface area contributed by atoms with Gasteiger partial charge in [0.1, 0.15) is 12.4 Å². The van der Waals surface area contributed by atoms with Crippen molar-refractivity contribution in [2.75, 3.05) is 7.11 Å². The first kappa shape index (κ1) is 19.3. The Morgan fingerprint density at radius 1 is 0.697 bits per heavy atom. The first-order chi connectivity index (χ1) is 16.2. The van der Waals surface area contributed by atoms with Crippen LogP contribution in [0, 0.1) is 0 Å². The minimum Gasteiger partial charge on any atom is -0.497 e. The summed E-state index contributed by atoms with van der Waals surface area (Å²) < 4.78 is 17.1. The van der Waals surface area contributed by atoms with Gasteiger partial charge in [0.15, 0.2) is 11.5 Å². The topological polar surface area (TPSA) is 61.8 Å². The fourth-order valence-electron chi connectivity index (χ4n) is 4.59. The van der Waals surface area contributed by atoms with Crippen molar-refractivity contribution in [3.63, 3.8) is 0 Å². The summed E-state index contributed by atoms with van der Waals surface area (Å²) in [5.74, 6) is 0.426. The molecule has 6 rings (SSSR count). The van der Waals surface area contributed by atoms with E-state index in [0.717, 1.165) is 11.1 Å². The molecule has 3 aromatic carbocycles. The number of hydrogen-bond donors (Lipinski definition) is 0. The fourth-order valence-corrected chi connectivity index (χ4v) is 4.59. The summed E-state index contributed by atoms with van der Waals surface area (Å²) in [6.45, 7) is 0.290. The molecule has 3 aliphatic rings. The average Bonchev–Trinajstić information content (AvgIpc) is 3.20. The third-order valence-corrected chi connectivity index (χ3v) is 6.11. The number of benzene rings is 3. The number of fused-ring (bicyclic) bond motifs is 4. The van der Waals surface area contributed by atoms with Gasteiger partial charge in [-0.3, -0.25) is 4.79 Å². The molecular weight excluding hydrogens is 416 g/mol. The van der Waals surface area contributed by atoms with Crippen LogP contribution in [0.1, 0.15) is 22.3 Å². The van der Waals surface area contributed by atoms with E-state index in [1.165, 1.54) is 0 Å². The highest BCUT2D eigenvalue weighted by Gasteiger charge is 2.45. The molecule has 0 amide bonds. The van der Waals surface area contributed by atoms with Crippen molar-refractivity contribution in [1.29, 1.82) is 0 Å². The van der Waals surface area contributed by atoms with Crippen LogP contribution in [0.2, 0.25) is 0 Å². The second kappa shape index (κ2) is 7.35. The van der Waals surface area contributed by atoms with Crippen LogP contribution in [0.15, 0.2) is 96.0 Å². The van der Waals surface area contributed by atoms with Crippen molar-refractivity contribution in [3.05, 3.63) is 118 Å². The van der Waals surface area contributed by atoms with Crippen LogP contribution in [-0.4, -0.2) is 18.9 Å². The van der Waals surface area contributed by atoms with E-state index in [1.54, 1.807) is 19.2 Å². The number of carbonyl (C=O) groups excluding carboxylic acids is 2. The minimum atomic E-state index is -0.497. The van der Waals surface area contributed by atoms with Crippen LogP contribution in [0.5, 0.6) is 5.75 Å².